The summed E-state index contributed by atoms with van der Waals surface area (Å²) in [6, 6.07) is 11.4. The summed E-state index contributed by atoms with van der Waals surface area (Å²) in [5.41, 5.74) is 7.67. The minimum Gasteiger partial charge on any atom is -0.489 e. The number of rotatable bonds is 5. The number of aromatic nitrogens is 1. The van der Waals surface area contributed by atoms with E-state index in [0.29, 0.717) is 18.8 Å². The number of aliphatic hydroxyl groups excluding tert-OH is 1. The zero-order valence-electron chi connectivity index (χ0n) is 10.0. The van der Waals surface area contributed by atoms with E-state index >= 15 is 0 Å². The van der Waals surface area contributed by atoms with E-state index in [-0.39, 0.29) is 6.61 Å². The van der Waals surface area contributed by atoms with Crippen molar-refractivity contribution < 1.29 is 9.84 Å². The van der Waals surface area contributed by atoms with Crippen LogP contribution in [0.1, 0.15) is 11.1 Å². The van der Waals surface area contributed by atoms with Crippen LogP contribution < -0.4 is 10.5 Å². The highest BCUT2D eigenvalue weighted by atomic mass is 16.5. The number of ether oxygens (including phenoxy) is 1. The number of nitrogens with zero attached hydrogens (tertiary/aromatic N) is 1. The number of hydrogen-bond donors (Lipinski definition) is 2. The molecule has 0 aliphatic heterocycles. The summed E-state index contributed by atoms with van der Waals surface area (Å²) in [5.74, 6) is 1.29. The molecule has 1 aromatic carbocycles. The van der Waals surface area contributed by atoms with E-state index in [2.05, 4.69) is 4.98 Å². The molecule has 4 heteroatoms. The molecule has 2 rings (SSSR count). The molecule has 2 aromatic rings. The third-order valence-electron chi connectivity index (χ3n) is 2.57. The minimum absolute atomic E-state index is 0.163. The van der Waals surface area contributed by atoms with Crippen molar-refractivity contribution in [3.05, 3.63) is 53.7 Å². The molecule has 1 heterocycles. The monoisotopic (exact) mass is 244 g/mol. The van der Waals surface area contributed by atoms with Crippen LogP contribution in [0.5, 0.6) is 5.75 Å². The lowest BCUT2D eigenvalue weighted by Gasteiger charge is -2.07. The van der Waals surface area contributed by atoms with E-state index < -0.39 is 0 Å². The summed E-state index contributed by atoms with van der Waals surface area (Å²) in [4.78, 5) is 3.93. The highest BCUT2D eigenvalue weighted by molar-refractivity contribution is 5.32. The van der Waals surface area contributed by atoms with Gasteiger partial charge < -0.3 is 15.6 Å². The van der Waals surface area contributed by atoms with Crippen molar-refractivity contribution in [2.75, 3.05) is 12.3 Å². The first kappa shape index (κ1) is 12.4. The maximum Gasteiger partial charge on any atom is 0.123 e. The number of hydrogen-bond acceptors (Lipinski definition) is 4. The number of aliphatic hydroxyl groups is 1. The fraction of sp³-hybridized carbons (Fsp3) is 0.214. The molecule has 0 atom stereocenters. The van der Waals surface area contributed by atoms with Crippen LogP contribution in [0.25, 0.3) is 0 Å². The lowest BCUT2D eigenvalue weighted by molar-refractivity contribution is 0.298. The van der Waals surface area contributed by atoms with Crippen LogP contribution >= 0.6 is 0 Å². The molecule has 0 aliphatic rings. The Hall–Kier alpha value is -2.07. The molecule has 0 saturated heterocycles. The summed E-state index contributed by atoms with van der Waals surface area (Å²) in [6.07, 6.45) is 2.33. The quantitative estimate of drug-likeness (QED) is 0.841. The van der Waals surface area contributed by atoms with Gasteiger partial charge in [0.1, 0.15) is 18.2 Å². The maximum absolute atomic E-state index is 8.82. The van der Waals surface area contributed by atoms with Crippen LogP contribution in [0.4, 0.5) is 5.82 Å². The second kappa shape index (κ2) is 6.02. The third kappa shape index (κ3) is 3.46. The van der Waals surface area contributed by atoms with E-state index in [1.807, 2.05) is 30.3 Å². The molecule has 0 bridgehead atoms. The molecule has 0 fully saturated rings. The fourth-order valence-electron chi connectivity index (χ4n) is 1.63. The number of anilines is 1. The van der Waals surface area contributed by atoms with E-state index in [1.54, 1.807) is 12.3 Å². The topological polar surface area (TPSA) is 68.4 Å². The van der Waals surface area contributed by atoms with Gasteiger partial charge in [-0.05, 0) is 41.8 Å². The van der Waals surface area contributed by atoms with Gasteiger partial charge in [0.05, 0.1) is 0 Å². The van der Waals surface area contributed by atoms with Crippen molar-refractivity contribution in [3.63, 3.8) is 0 Å². The first-order valence-corrected chi connectivity index (χ1v) is 5.81. The molecule has 0 unspecified atom stereocenters. The van der Waals surface area contributed by atoms with Crippen LogP contribution in [0, 0.1) is 0 Å². The lowest BCUT2D eigenvalue weighted by atomic mass is 10.1. The van der Waals surface area contributed by atoms with Crippen LogP contribution in [-0.4, -0.2) is 16.7 Å². The predicted octanol–water partition coefficient (Wildman–Crippen LogP) is 1.78. The second-order valence-electron chi connectivity index (χ2n) is 4.00. The highest BCUT2D eigenvalue weighted by Crippen LogP contribution is 2.14. The Balaban J connectivity index is 1.93. The zero-order chi connectivity index (χ0) is 12.8. The van der Waals surface area contributed by atoms with Gasteiger partial charge in [-0.15, -0.1) is 0 Å². The van der Waals surface area contributed by atoms with Gasteiger partial charge in [-0.3, -0.25) is 0 Å². The molecule has 1 aromatic heterocycles. The van der Waals surface area contributed by atoms with Gasteiger partial charge in [0.25, 0.3) is 0 Å². The Bertz CT molecular complexity index is 497. The number of pyridine rings is 1. The van der Waals surface area contributed by atoms with Gasteiger partial charge in [0, 0.05) is 12.8 Å². The molecular formula is C14H16N2O2. The first-order valence-electron chi connectivity index (χ1n) is 5.81. The molecule has 18 heavy (non-hydrogen) atoms. The van der Waals surface area contributed by atoms with Gasteiger partial charge in [-0.1, -0.05) is 12.1 Å². The maximum atomic E-state index is 8.82. The van der Waals surface area contributed by atoms with Crippen molar-refractivity contribution in [3.8, 4) is 5.75 Å². The normalized spacial score (nSPS) is 10.3. The van der Waals surface area contributed by atoms with Crippen LogP contribution in [0.2, 0.25) is 0 Å². The van der Waals surface area contributed by atoms with Gasteiger partial charge in [-0.2, -0.15) is 0 Å². The number of nitrogens with two attached hydrogens (primary N) is 1. The standard InChI is InChI=1S/C14H16N2O2/c15-14-9-12(5-7-16-14)10-18-13-3-1-11(2-4-13)6-8-17/h1-5,7,9,17H,6,8,10H2,(H2,15,16). The van der Waals surface area contributed by atoms with E-state index in [1.165, 1.54) is 0 Å². The smallest absolute Gasteiger partial charge is 0.123 e. The van der Waals surface area contributed by atoms with Crippen molar-refractivity contribution in [1.29, 1.82) is 0 Å². The Morgan fingerprint density at radius 3 is 2.56 bits per heavy atom. The first-order chi connectivity index (χ1) is 8.78. The van der Waals surface area contributed by atoms with E-state index in [4.69, 9.17) is 15.6 Å². The van der Waals surface area contributed by atoms with Crippen LogP contribution in [-0.2, 0) is 13.0 Å². The number of benzene rings is 1. The number of nitrogen functional groups attached to an aromatic ring is 1. The molecule has 0 saturated carbocycles. The lowest BCUT2D eigenvalue weighted by Crippen LogP contribution is -1.98. The van der Waals surface area contributed by atoms with Crippen molar-refractivity contribution in [2.24, 2.45) is 0 Å². The van der Waals surface area contributed by atoms with Crippen LogP contribution in [0.15, 0.2) is 42.6 Å². The average molecular weight is 244 g/mol. The molecule has 0 spiro atoms. The Labute approximate surface area is 106 Å². The SMILES string of the molecule is Nc1cc(COc2ccc(CCO)cc2)ccn1. The summed E-state index contributed by atoms with van der Waals surface area (Å²) in [5, 5.41) is 8.82. The van der Waals surface area contributed by atoms with Gasteiger partial charge in [-0.25, -0.2) is 4.98 Å². The van der Waals surface area contributed by atoms with E-state index in [0.717, 1.165) is 16.9 Å². The minimum atomic E-state index is 0.163. The van der Waals surface area contributed by atoms with E-state index in [9.17, 15) is 0 Å². The summed E-state index contributed by atoms with van der Waals surface area (Å²) in [6.45, 7) is 0.628. The summed E-state index contributed by atoms with van der Waals surface area (Å²) in [7, 11) is 0. The molecule has 4 nitrogen and oxygen atoms in total. The Kier molecular flexibility index (Phi) is 4.15. The fourth-order valence-corrected chi connectivity index (χ4v) is 1.63. The Morgan fingerprint density at radius 1 is 1.11 bits per heavy atom. The highest BCUT2D eigenvalue weighted by Gasteiger charge is 1.98. The van der Waals surface area contributed by atoms with Gasteiger partial charge >= 0.3 is 0 Å². The summed E-state index contributed by atoms with van der Waals surface area (Å²) >= 11 is 0. The summed E-state index contributed by atoms with van der Waals surface area (Å²) < 4.78 is 5.63. The second-order valence-corrected chi connectivity index (χ2v) is 4.00. The Morgan fingerprint density at radius 2 is 1.89 bits per heavy atom. The molecular weight excluding hydrogens is 228 g/mol. The molecule has 0 radical (unpaired) electrons. The van der Waals surface area contributed by atoms with Gasteiger partial charge in [0.15, 0.2) is 0 Å². The molecule has 0 aliphatic carbocycles. The van der Waals surface area contributed by atoms with Gasteiger partial charge in [0.2, 0.25) is 0 Å². The van der Waals surface area contributed by atoms with Crippen molar-refractivity contribution in [1.82, 2.24) is 4.98 Å². The largest absolute Gasteiger partial charge is 0.489 e. The van der Waals surface area contributed by atoms with Crippen molar-refractivity contribution >= 4 is 5.82 Å². The average Bonchev–Trinajstić information content (AvgIpc) is 2.38. The van der Waals surface area contributed by atoms with Crippen LogP contribution in [0.3, 0.4) is 0 Å². The third-order valence-corrected chi connectivity index (χ3v) is 2.57. The molecule has 3 N–H and O–H groups in total. The molecule has 94 valence electrons. The molecule has 0 amide bonds. The zero-order valence-corrected chi connectivity index (χ0v) is 10.0. The predicted molar refractivity (Wildman–Crippen MR) is 70.2 cm³/mol. The van der Waals surface area contributed by atoms with Crippen molar-refractivity contribution in [2.45, 2.75) is 13.0 Å².